The third kappa shape index (κ3) is 6.79. The maximum Gasteiger partial charge on any atom is 0.499 e. The van der Waals surface area contributed by atoms with E-state index in [1.807, 2.05) is 44.2 Å². The zero-order valence-corrected chi connectivity index (χ0v) is 23.6. The second kappa shape index (κ2) is 12.2. The number of nitrogens with one attached hydrogen (secondary N) is 1. The molecule has 1 aromatic carbocycles. The minimum atomic E-state index is -3.04. The summed E-state index contributed by atoms with van der Waals surface area (Å²) in [7, 11) is 3.06. The van der Waals surface area contributed by atoms with E-state index in [4.69, 9.17) is 14.0 Å². The standard InChI is InChI=1S/C28H34BN4O8/c1-18(2)12-20(29-39-25(36)16-28(41-29,27(38)40-29)15-24(35)33(3)4)14-23(34)21(13-19-8-6-5-7-9-19)32-26(37)22-17-30-10-11-31-22/h5-11,17-18,20-21H,12-16H2,1-4H3,(H,32,37)/q-1/t20?,21-,28+,29?/m0/s1. The Labute approximate surface area is 238 Å². The molecule has 2 aromatic rings. The highest BCUT2D eigenvalue weighted by Gasteiger charge is 2.64. The molecule has 2 aliphatic rings. The predicted octanol–water partition coefficient (Wildman–Crippen LogP) is 1.87. The van der Waals surface area contributed by atoms with E-state index in [1.165, 1.54) is 37.6 Å². The largest absolute Gasteiger partial charge is 0.633 e. The molecular formula is C28H34BN4O8-. The lowest BCUT2D eigenvalue weighted by molar-refractivity contribution is -0.158. The molecular weight excluding hydrogens is 531 g/mol. The first-order valence-electron chi connectivity index (χ1n) is 13.6. The number of aromatic nitrogens is 2. The number of ketones is 1. The number of hydrogen-bond acceptors (Lipinski definition) is 10. The fourth-order valence-corrected chi connectivity index (χ4v) is 5.27. The number of carbonyl (C=O) groups excluding carboxylic acids is 5. The van der Waals surface area contributed by atoms with Crippen molar-refractivity contribution in [3.8, 4) is 0 Å². The number of benzene rings is 1. The Bertz CT molecular complexity index is 1310. The Morgan fingerprint density at radius 2 is 1.83 bits per heavy atom. The number of amides is 2. The van der Waals surface area contributed by atoms with Crippen LogP contribution in [0.5, 0.6) is 0 Å². The van der Waals surface area contributed by atoms with Gasteiger partial charge in [-0.25, -0.2) is 4.98 Å². The molecule has 218 valence electrons. The molecule has 2 fully saturated rings. The summed E-state index contributed by atoms with van der Waals surface area (Å²) in [6.45, 7) is 0.773. The second-order valence-corrected chi connectivity index (χ2v) is 11.2. The normalized spacial score (nSPS) is 22.9. The van der Waals surface area contributed by atoms with Gasteiger partial charge in [-0.2, -0.15) is 0 Å². The second-order valence-electron chi connectivity index (χ2n) is 11.2. The molecule has 3 heterocycles. The zero-order valence-electron chi connectivity index (χ0n) is 23.6. The molecule has 2 amide bonds. The number of Topliss-reactive ketones (excluding diaryl/α,β-unsaturated/α-hetero) is 1. The molecule has 4 atom stereocenters. The van der Waals surface area contributed by atoms with Crippen molar-refractivity contribution in [3.63, 3.8) is 0 Å². The van der Waals surface area contributed by atoms with Gasteiger partial charge in [0, 0.05) is 26.5 Å². The maximum absolute atomic E-state index is 13.9. The molecule has 41 heavy (non-hydrogen) atoms. The summed E-state index contributed by atoms with van der Waals surface area (Å²) in [5.41, 5.74) is -0.966. The minimum Gasteiger partial charge on any atom is -0.633 e. The molecule has 2 aliphatic heterocycles. The lowest BCUT2D eigenvalue weighted by atomic mass is 9.57. The van der Waals surface area contributed by atoms with Crippen LogP contribution >= 0.6 is 0 Å². The zero-order chi connectivity index (χ0) is 29.8. The van der Waals surface area contributed by atoms with Gasteiger partial charge in [-0.1, -0.05) is 56.4 Å². The lowest BCUT2D eigenvalue weighted by Crippen LogP contribution is -2.56. The molecule has 0 aliphatic carbocycles. The molecule has 1 aromatic heterocycles. The van der Waals surface area contributed by atoms with Crippen LogP contribution in [0.2, 0.25) is 5.82 Å². The van der Waals surface area contributed by atoms with Crippen LogP contribution in [-0.4, -0.2) is 76.9 Å². The highest BCUT2D eigenvalue weighted by atomic mass is 16.8. The van der Waals surface area contributed by atoms with Crippen molar-refractivity contribution in [2.45, 2.75) is 63.4 Å². The van der Waals surface area contributed by atoms with E-state index in [9.17, 15) is 24.0 Å². The number of carbonyl (C=O) groups is 5. The van der Waals surface area contributed by atoms with Crippen LogP contribution in [0.3, 0.4) is 0 Å². The van der Waals surface area contributed by atoms with Gasteiger partial charge in [-0.15, -0.1) is 0 Å². The summed E-state index contributed by atoms with van der Waals surface area (Å²) in [5, 5.41) is 2.76. The summed E-state index contributed by atoms with van der Waals surface area (Å²) in [6, 6.07) is 8.19. The molecule has 2 bridgehead atoms. The van der Waals surface area contributed by atoms with Gasteiger partial charge < -0.3 is 24.2 Å². The fourth-order valence-electron chi connectivity index (χ4n) is 5.27. The molecule has 12 nitrogen and oxygen atoms in total. The van der Waals surface area contributed by atoms with Crippen LogP contribution < -0.4 is 5.32 Å². The predicted molar refractivity (Wildman–Crippen MR) is 146 cm³/mol. The van der Waals surface area contributed by atoms with Crippen molar-refractivity contribution in [3.05, 3.63) is 60.2 Å². The van der Waals surface area contributed by atoms with E-state index in [0.717, 1.165) is 5.56 Å². The summed E-state index contributed by atoms with van der Waals surface area (Å²) < 4.78 is 17.4. The molecule has 2 unspecified atom stereocenters. The van der Waals surface area contributed by atoms with Crippen molar-refractivity contribution >= 4 is 36.3 Å². The van der Waals surface area contributed by atoms with Crippen LogP contribution in [-0.2, 0) is 39.6 Å². The summed E-state index contributed by atoms with van der Waals surface area (Å²) >= 11 is 0. The third-order valence-corrected chi connectivity index (χ3v) is 7.28. The van der Waals surface area contributed by atoms with Gasteiger partial charge in [0.2, 0.25) is 5.91 Å². The average Bonchev–Trinajstić information content (AvgIpc) is 3.13. The van der Waals surface area contributed by atoms with Crippen LogP contribution in [0.1, 0.15) is 55.6 Å². The molecule has 4 rings (SSSR count). The van der Waals surface area contributed by atoms with Crippen LogP contribution in [0.4, 0.5) is 0 Å². The molecule has 1 N–H and O–H groups in total. The Morgan fingerprint density at radius 3 is 2.46 bits per heavy atom. The Kier molecular flexibility index (Phi) is 8.86. The van der Waals surface area contributed by atoms with Crippen molar-refractivity contribution in [2.75, 3.05) is 14.1 Å². The van der Waals surface area contributed by atoms with Gasteiger partial charge >= 0.3 is 6.75 Å². The molecule has 0 saturated carbocycles. The van der Waals surface area contributed by atoms with Crippen LogP contribution in [0, 0.1) is 5.92 Å². The van der Waals surface area contributed by atoms with Gasteiger partial charge in [-0.3, -0.25) is 29.0 Å². The van der Waals surface area contributed by atoms with Gasteiger partial charge in [0.1, 0.15) is 11.3 Å². The smallest absolute Gasteiger partial charge is 0.499 e. The lowest BCUT2D eigenvalue weighted by Gasteiger charge is -2.46. The number of fused-ring (bicyclic) bond motifs is 2. The van der Waals surface area contributed by atoms with Crippen molar-refractivity contribution in [1.29, 1.82) is 0 Å². The first kappa shape index (κ1) is 29.8. The van der Waals surface area contributed by atoms with Crippen molar-refractivity contribution in [2.24, 2.45) is 5.92 Å². The summed E-state index contributed by atoms with van der Waals surface area (Å²) in [5.74, 6) is -3.84. The molecule has 13 heteroatoms. The first-order valence-corrected chi connectivity index (χ1v) is 13.6. The van der Waals surface area contributed by atoms with Gasteiger partial charge in [-0.05, 0) is 24.3 Å². The SMILES string of the molecule is CC(C)CC(CC(=O)[C@H](Cc1ccccc1)NC(=O)c1cnccn1)[B-]12OC(=O)C[C@@](CC(=O)N(C)C)(O1)C(=O)O2. The first-order chi connectivity index (χ1) is 19.4. The Morgan fingerprint density at radius 1 is 1.10 bits per heavy atom. The van der Waals surface area contributed by atoms with Crippen molar-refractivity contribution in [1.82, 2.24) is 20.2 Å². The fraction of sp³-hybridized carbons (Fsp3) is 0.464. The van der Waals surface area contributed by atoms with Gasteiger partial charge in [0.25, 0.3) is 17.8 Å². The van der Waals surface area contributed by atoms with Gasteiger partial charge in [0.05, 0.1) is 25.1 Å². The summed E-state index contributed by atoms with van der Waals surface area (Å²) in [4.78, 5) is 74.6. The van der Waals surface area contributed by atoms with E-state index in [-0.39, 0.29) is 30.2 Å². The van der Waals surface area contributed by atoms with E-state index < -0.39 is 60.8 Å². The Balaban J connectivity index is 1.62. The maximum atomic E-state index is 13.9. The molecule has 0 spiro atoms. The highest BCUT2D eigenvalue weighted by Crippen LogP contribution is 2.48. The highest BCUT2D eigenvalue weighted by molar-refractivity contribution is 6.68. The number of rotatable bonds is 12. The third-order valence-electron chi connectivity index (χ3n) is 7.28. The summed E-state index contributed by atoms with van der Waals surface area (Å²) in [6.07, 6.45) is 3.50. The van der Waals surface area contributed by atoms with Crippen molar-refractivity contribution < 1.29 is 37.9 Å². The Hall–Kier alpha value is -4.13. The quantitative estimate of drug-likeness (QED) is 0.377. The molecule has 2 saturated heterocycles. The monoisotopic (exact) mass is 565 g/mol. The van der Waals surface area contributed by atoms with E-state index >= 15 is 0 Å². The van der Waals surface area contributed by atoms with E-state index in [0.29, 0.717) is 6.42 Å². The van der Waals surface area contributed by atoms with Crippen LogP contribution in [0.25, 0.3) is 0 Å². The average molecular weight is 565 g/mol. The van der Waals surface area contributed by atoms with E-state index in [1.54, 1.807) is 0 Å². The molecule has 0 radical (unpaired) electrons. The number of hydrogen-bond donors (Lipinski definition) is 1. The minimum absolute atomic E-state index is 0.00727. The van der Waals surface area contributed by atoms with Gasteiger partial charge in [0.15, 0.2) is 5.78 Å². The van der Waals surface area contributed by atoms with Crippen LogP contribution in [0.15, 0.2) is 48.9 Å². The van der Waals surface area contributed by atoms with E-state index in [2.05, 4.69) is 15.3 Å². The topological polar surface area (TPSA) is 154 Å². The number of nitrogens with zero attached hydrogens (tertiary/aromatic N) is 3.